The summed E-state index contributed by atoms with van der Waals surface area (Å²) in [6, 6.07) is 23.7. The largest absolute Gasteiger partial charge is 0.356 e. The first-order valence-corrected chi connectivity index (χ1v) is 11.7. The van der Waals surface area contributed by atoms with Gasteiger partial charge < -0.3 is 4.90 Å². The highest BCUT2D eigenvalue weighted by Gasteiger charge is 2.23. The molecule has 4 heteroatoms. The molecule has 5 rings (SSSR count). The van der Waals surface area contributed by atoms with E-state index in [2.05, 4.69) is 78.6 Å². The van der Waals surface area contributed by atoms with Crippen LogP contribution in [0.25, 0.3) is 10.2 Å². The van der Waals surface area contributed by atoms with Crippen molar-refractivity contribution in [1.29, 1.82) is 0 Å². The minimum absolute atomic E-state index is 0.758. The third kappa shape index (κ3) is 4.24. The van der Waals surface area contributed by atoms with Crippen LogP contribution >= 0.6 is 11.3 Å². The van der Waals surface area contributed by atoms with Gasteiger partial charge in [-0.05, 0) is 49.3 Å². The van der Waals surface area contributed by atoms with E-state index in [1.54, 1.807) is 11.3 Å². The Labute approximate surface area is 182 Å². The maximum Gasteiger partial charge on any atom is 0.141 e. The van der Waals surface area contributed by atoms with Crippen molar-refractivity contribution in [3.05, 3.63) is 88.6 Å². The molecule has 30 heavy (non-hydrogen) atoms. The molecular weight excluding hydrogens is 386 g/mol. The Kier molecular flexibility index (Phi) is 5.50. The normalized spacial score (nSPS) is 15.0. The zero-order valence-corrected chi connectivity index (χ0v) is 18.2. The number of benzene rings is 2. The van der Waals surface area contributed by atoms with Crippen molar-refractivity contribution < 1.29 is 0 Å². The van der Waals surface area contributed by atoms with Gasteiger partial charge in [0.25, 0.3) is 0 Å². The number of piperidine rings is 1. The van der Waals surface area contributed by atoms with E-state index in [1.807, 2.05) is 0 Å². The van der Waals surface area contributed by atoms with Gasteiger partial charge in [-0.25, -0.2) is 9.97 Å². The summed E-state index contributed by atoms with van der Waals surface area (Å²) in [5, 5.41) is 1.22. The van der Waals surface area contributed by atoms with Gasteiger partial charge in [-0.15, -0.1) is 11.3 Å². The molecule has 0 atom stereocenters. The van der Waals surface area contributed by atoms with E-state index in [9.17, 15) is 0 Å². The molecule has 0 amide bonds. The van der Waals surface area contributed by atoms with Crippen molar-refractivity contribution in [3.8, 4) is 0 Å². The summed E-state index contributed by atoms with van der Waals surface area (Å²) in [5.41, 5.74) is 2.72. The van der Waals surface area contributed by atoms with E-state index in [1.165, 1.54) is 40.7 Å². The summed E-state index contributed by atoms with van der Waals surface area (Å²) in [6.07, 6.45) is 4.41. The molecule has 0 aliphatic carbocycles. The van der Waals surface area contributed by atoms with Gasteiger partial charge in [-0.3, -0.25) is 0 Å². The summed E-state index contributed by atoms with van der Waals surface area (Å²) in [5.74, 6) is 2.82. The predicted molar refractivity (Wildman–Crippen MR) is 126 cm³/mol. The highest BCUT2D eigenvalue weighted by Crippen LogP contribution is 2.33. The van der Waals surface area contributed by atoms with Crippen LogP contribution in [0.4, 0.5) is 5.82 Å². The molecule has 4 aromatic rings. The fourth-order valence-corrected chi connectivity index (χ4v) is 5.36. The quantitative estimate of drug-likeness (QED) is 0.399. The van der Waals surface area contributed by atoms with Crippen molar-refractivity contribution in [3.63, 3.8) is 0 Å². The lowest BCUT2D eigenvalue weighted by Gasteiger charge is -2.33. The molecule has 0 radical (unpaired) electrons. The van der Waals surface area contributed by atoms with E-state index in [-0.39, 0.29) is 0 Å². The Morgan fingerprint density at radius 1 is 0.900 bits per heavy atom. The van der Waals surface area contributed by atoms with Gasteiger partial charge in [0.2, 0.25) is 0 Å². The molecule has 0 N–H and O–H groups in total. The number of hydrogen-bond acceptors (Lipinski definition) is 4. The molecule has 3 nitrogen and oxygen atoms in total. The second kappa shape index (κ2) is 8.57. The Morgan fingerprint density at radius 3 is 2.27 bits per heavy atom. The van der Waals surface area contributed by atoms with Crippen molar-refractivity contribution in [1.82, 2.24) is 9.97 Å². The molecule has 2 aromatic carbocycles. The summed E-state index contributed by atoms with van der Waals surface area (Å²) in [4.78, 5) is 14.9. The lowest BCUT2D eigenvalue weighted by atomic mass is 9.90. The fraction of sp³-hybridized carbons (Fsp3) is 0.308. The van der Waals surface area contributed by atoms with Crippen molar-refractivity contribution in [2.45, 2.75) is 32.6 Å². The van der Waals surface area contributed by atoms with Crippen LogP contribution in [0.1, 0.15) is 34.7 Å². The van der Waals surface area contributed by atoms with Crippen LogP contribution in [0.2, 0.25) is 0 Å². The van der Waals surface area contributed by atoms with Crippen LogP contribution in [-0.4, -0.2) is 23.1 Å². The first-order chi connectivity index (χ1) is 14.7. The van der Waals surface area contributed by atoms with E-state index >= 15 is 0 Å². The molecule has 2 aromatic heterocycles. The smallest absolute Gasteiger partial charge is 0.141 e. The minimum Gasteiger partial charge on any atom is -0.356 e. The number of rotatable bonds is 5. The van der Waals surface area contributed by atoms with Gasteiger partial charge in [0.15, 0.2) is 0 Å². The molecule has 0 bridgehead atoms. The third-order valence-corrected chi connectivity index (χ3v) is 6.97. The minimum atomic E-state index is 0.758. The van der Waals surface area contributed by atoms with E-state index in [0.717, 1.165) is 41.9 Å². The number of fused-ring (bicyclic) bond motifs is 1. The Bertz CT molecular complexity index is 1110. The number of aryl methyl sites for hydroxylation is 1. The molecule has 0 spiro atoms. The number of hydrogen-bond donors (Lipinski definition) is 0. The fourth-order valence-electron chi connectivity index (χ4n) is 4.46. The Morgan fingerprint density at radius 2 is 1.57 bits per heavy atom. The van der Waals surface area contributed by atoms with E-state index in [0.29, 0.717) is 0 Å². The molecule has 1 saturated heterocycles. The van der Waals surface area contributed by atoms with Crippen molar-refractivity contribution >= 4 is 27.4 Å². The zero-order valence-electron chi connectivity index (χ0n) is 17.4. The lowest BCUT2D eigenvalue weighted by Crippen LogP contribution is -2.35. The molecule has 1 aliphatic heterocycles. The van der Waals surface area contributed by atoms with Gasteiger partial charge >= 0.3 is 0 Å². The monoisotopic (exact) mass is 413 g/mol. The van der Waals surface area contributed by atoms with E-state index < -0.39 is 0 Å². The molecule has 3 heterocycles. The summed E-state index contributed by atoms with van der Waals surface area (Å²) in [6.45, 7) is 4.31. The second-order valence-corrected chi connectivity index (χ2v) is 9.56. The topological polar surface area (TPSA) is 29.0 Å². The van der Waals surface area contributed by atoms with Crippen LogP contribution in [0, 0.1) is 12.8 Å². The number of nitrogens with zero attached hydrogens (tertiary/aromatic N) is 3. The maximum absolute atomic E-state index is 5.06. The second-order valence-electron chi connectivity index (χ2n) is 8.32. The van der Waals surface area contributed by atoms with Gasteiger partial charge in [0.05, 0.1) is 5.39 Å². The maximum atomic E-state index is 5.06. The summed E-state index contributed by atoms with van der Waals surface area (Å²) < 4.78 is 0. The third-order valence-electron chi connectivity index (χ3n) is 6.03. The molecule has 1 aliphatic rings. The number of anilines is 1. The molecule has 0 saturated carbocycles. The molecule has 1 fully saturated rings. The number of aromatic nitrogens is 2. The van der Waals surface area contributed by atoms with Gasteiger partial charge in [0, 0.05) is 24.4 Å². The van der Waals surface area contributed by atoms with Crippen molar-refractivity contribution in [2.24, 2.45) is 5.92 Å². The Balaban J connectivity index is 1.37. The van der Waals surface area contributed by atoms with Gasteiger partial charge in [0.1, 0.15) is 16.5 Å². The highest BCUT2D eigenvalue weighted by molar-refractivity contribution is 7.18. The molecule has 152 valence electrons. The lowest BCUT2D eigenvalue weighted by molar-refractivity contribution is 0.402. The van der Waals surface area contributed by atoms with Gasteiger partial charge in [-0.1, -0.05) is 60.7 Å². The zero-order chi connectivity index (χ0) is 20.3. The first-order valence-electron chi connectivity index (χ1n) is 10.8. The molecule has 0 unspecified atom stereocenters. The van der Waals surface area contributed by atoms with Crippen molar-refractivity contribution in [2.75, 3.05) is 18.0 Å². The SMILES string of the molecule is Cc1cc2c(N3CCC(Cc4ccccc4)CC3)nc(Cc3ccccc3)nc2s1. The van der Waals surface area contributed by atoms with E-state index in [4.69, 9.17) is 9.97 Å². The van der Waals surface area contributed by atoms with Crippen LogP contribution in [-0.2, 0) is 12.8 Å². The standard InChI is InChI=1S/C26H27N3S/c1-19-16-23-25(27-24(28-26(23)30-19)18-21-10-6-3-7-11-21)29-14-12-22(13-15-29)17-20-8-4-2-5-9-20/h2-11,16,22H,12-15,17-18H2,1H3. The van der Waals surface area contributed by atoms with Gasteiger partial charge in [-0.2, -0.15) is 0 Å². The van der Waals surface area contributed by atoms with Crippen LogP contribution < -0.4 is 4.90 Å². The predicted octanol–water partition coefficient (Wildman–Crippen LogP) is 6.05. The number of thiophene rings is 1. The Hall–Kier alpha value is -2.72. The summed E-state index contributed by atoms with van der Waals surface area (Å²) in [7, 11) is 0. The average Bonchev–Trinajstić information content (AvgIpc) is 3.15. The average molecular weight is 414 g/mol. The van der Waals surface area contributed by atoms with Crippen LogP contribution in [0.15, 0.2) is 66.7 Å². The highest BCUT2D eigenvalue weighted by atomic mass is 32.1. The summed E-state index contributed by atoms with van der Waals surface area (Å²) >= 11 is 1.78. The first kappa shape index (κ1) is 19.3. The van der Waals surface area contributed by atoms with Crippen LogP contribution in [0.3, 0.4) is 0 Å². The molecular formula is C26H27N3S. The van der Waals surface area contributed by atoms with Crippen LogP contribution in [0.5, 0.6) is 0 Å².